The van der Waals surface area contributed by atoms with Gasteiger partial charge in [-0.25, -0.2) is 0 Å². The van der Waals surface area contributed by atoms with Gasteiger partial charge in [0.1, 0.15) is 6.26 Å². The molecule has 1 aliphatic rings. The molecule has 0 aliphatic carbocycles. The van der Waals surface area contributed by atoms with Gasteiger partial charge >= 0.3 is 0 Å². The maximum Gasteiger partial charge on any atom is 0.258 e. The van der Waals surface area contributed by atoms with Crippen LogP contribution in [0.3, 0.4) is 0 Å². The van der Waals surface area contributed by atoms with E-state index in [1.165, 1.54) is 6.26 Å². The third kappa shape index (κ3) is 2.51. The second-order valence-electron chi connectivity index (χ2n) is 5.58. The summed E-state index contributed by atoms with van der Waals surface area (Å²) >= 11 is 3.26. The first kappa shape index (κ1) is 14.3. The zero-order valence-electron chi connectivity index (χ0n) is 12.4. The zero-order chi connectivity index (χ0) is 15.8. The molecule has 0 spiro atoms. The number of halogens is 1. The number of rotatable bonds is 2. The molecule has 1 aliphatic heterocycles. The van der Waals surface area contributed by atoms with Crippen LogP contribution in [0.4, 0.5) is 0 Å². The normalized spacial score (nSPS) is 17.1. The van der Waals surface area contributed by atoms with Crippen molar-refractivity contribution in [1.29, 1.82) is 0 Å². The molecule has 1 atom stereocenters. The number of fused-ring (bicyclic) bond motifs is 1. The van der Waals surface area contributed by atoms with E-state index in [1.54, 1.807) is 6.07 Å². The number of carbonyl (C=O) groups excluding carboxylic acids is 1. The molecule has 0 radical (unpaired) electrons. The summed E-state index contributed by atoms with van der Waals surface area (Å²) in [7, 11) is 0. The lowest BCUT2D eigenvalue weighted by molar-refractivity contribution is 0.0663. The van der Waals surface area contributed by atoms with Crippen LogP contribution in [0.1, 0.15) is 27.7 Å². The van der Waals surface area contributed by atoms with Crippen LogP contribution in [0.15, 0.2) is 70.1 Å². The van der Waals surface area contributed by atoms with Crippen molar-refractivity contribution in [1.82, 2.24) is 9.47 Å². The van der Waals surface area contributed by atoms with E-state index < -0.39 is 0 Å². The van der Waals surface area contributed by atoms with Crippen molar-refractivity contribution >= 4 is 21.8 Å². The van der Waals surface area contributed by atoms with E-state index in [9.17, 15) is 4.79 Å². The third-order valence-corrected chi connectivity index (χ3v) is 4.64. The van der Waals surface area contributed by atoms with Gasteiger partial charge in [-0.2, -0.15) is 0 Å². The lowest BCUT2D eigenvalue weighted by Gasteiger charge is -2.37. The standard InChI is InChI=1S/C18H15BrN2O2/c19-16-11-14(12-23-16)18(22)21-10-9-20-8-4-7-15(20)17(21)13-5-2-1-3-6-13/h1-8,11-12,17H,9-10H2. The minimum atomic E-state index is -0.0823. The molecule has 1 aromatic carbocycles. The highest BCUT2D eigenvalue weighted by Gasteiger charge is 2.33. The monoisotopic (exact) mass is 370 g/mol. The molecule has 4 nitrogen and oxygen atoms in total. The van der Waals surface area contributed by atoms with E-state index in [2.05, 4.69) is 44.9 Å². The maximum atomic E-state index is 13.0. The molecule has 0 saturated carbocycles. The number of hydrogen-bond donors (Lipinski definition) is 0. The summed E-state index contributed by atoms with van der Waals surface area (Å²) in [5.74, 6) is -0.0132. The summed E-state index contributed by atoms with van der Waals surface area (Å²) < 4.78 is 8.02. The molecular weight excluding hydrogens is 356 g/mol. The third-order valence-electron chi connectivity index (χ3n) is 4.23. The number of benzene rings is 1. The van der Waals surface area contributed by atoms with Gasteiger partial charge in [-0.1, -0.05) is 30.3 Å². The first-order valence-electron chi connectivity index (χ1n) is 7.49. The molecule has 0 bridgehead atoms. The average molecular weight is 371 g/mol. The van der Waals surface area contributed by atoms with E-state index in [0.717, 1.165) is 17.8 Å². The Bertz CT molecular complexity index is 838. The van der Waals surface area contributed by atoms with E-state index in [1.807, 2.05) is 29.2 Å². The smallest absolute Gasteiger partial charge is 0.258 e. The second-order valence-corrected chi connectivity index (χ2v) is 6.36. The van der Waals surface area contributed by atoms with Crippen LogP contribution in [0.25, 0.3) is 0 Å². The SMILES string of the molecule is O=C(c1coc(Br)c1)N1CCn2cccc2C1c1ccccc1. The zero-order valence-corrected chi connectivity index (χ0v) is 13.9. The predicted octanol–water partition coefficient (Wildman–Crippen LogP) is 4.09. The fourth-order valence-corrected chi connectivity index (χ4v) is 3.52. The summed E-state index contributed by atoms with van der Waals surface area (Å²) in [6, 6.07) is 15.9. The predicted molar refractivity (Wildman–Crippen MR) is 90.2 cm³/mol. The Morgan fingerprint density at radius 3 is 2.70 bits per heavy atom. The van der Waals surface area contributed by atoms with Crippen molar-refractivity contribution in [3.05, 3.63) is 82.5 Å². The van der Waals surface area contributed by atoms with Crippen LogP contribution in [0.5, 0.6) is 0 Å². The van der Waals surface area contributed by atoms with E-state index in [0.29, 0.717) is 16.8 Å². The Labute approximate surface area is 142 Å². The lowest BCUT2D eigenvalue weighted by Crippen LogP contribution is -2.42. The van der Waals surface area contributed by atoms with Gasteiger partial charge in [-0.05, 0) is 33.6 Å². The Morgan fingerprint density at radius 2 is 1.96 bits per heavy atom. The number of hydrogen-bond acceptors (Lipinski definition) is 2. The van der Waals surface area contributed by atoms with Crippen LogP contribution < -0.4 is 0 Å². The van der Waals surface area contributed by atoms with Gasteiger partial charge in [0, 0.05) is 31.0 Å². The number of carbonyl (C=O) groups is 1. The first-order valence-corrected chi connectivity index (χ1v) is 8.28. The van der Waals surface area contributed by atoms with Crippen LogP contribution in [0, 0.1) is 0 Å². The average Bonchev–Trinajstić information content (AvgIpc) is 3.22. The Morgan fingerprint density at radius 1 is 1.13 bits per heavy atom. The van der Waals surface area contributed by atoms with Crippen LogP contribution in [-0.4, -0.2) is 21.9 Å². The fraction of sp³-hybridized carbons (Fsp3) is 0.167. The molecule has 23 heavy (non-hydrogen) atoms. The van der Waals surface area contributed by atoms with Gasteiger partial charge in [0.15, 0.2) is 4.67 Å². The van der Waals surface area contributed by atoms with Crippen molar-refractivity contribution in [2.75, 3.05) is 6.54 Å². The van der Waals surface area contributed by atoms with Gasteiger partial charge in [0.05, 0.1) is 11.6 Å². The van der Waals surface area contributed by atoms with Crippen molar-refractivity contribution in [3.8, 4) is 0 Å². The molecular formula is C18H15BrN2O2. The molecule has 1 amide bonds. The van der Waals surface area contributed by atoms with Crippen LogP contribution >= 0.6 is 15.9 Å². The molecule has 116 valence electrons. The lowest BCUT2D eigenvalue weighted by atomic mass is 9.99. The van der Waals surface area contributed by atoms with Crippen molar-refractivity contribution < 1.29 is 9.21 Å². The minimum absolute atomic E-state index is 0.0132. The van der Waals surface area contributed by atoms with Crippen molar-refractivity contribution in [3.63, 3.8) is 0 Å². The molecule has 4 rings (SSSR count). The first-order chi connectivity index (χ1) is 11.2. The largest absolute Gasteiger partial charge is 0.457 e. The maximum absolute atomic E-state index is 13.0. The molecule has 5 heteroatoms. The van der Waals surface area contributed by atoms with Gasteiger partial charge < -0.3 is 13.9 Å². The molecule has 3 heterocycles. The molecule has 2 aromatic heterocycles. The van der Waals surface area contributed by atoms with Crippen LogP contribution in [0.2, 0.25) is 0 Å². The van der Waals surface area contributed by atoms with Crippen molar-refractivity contribution in [2.45, 2.75) is 12.6 Å². The van der Waals surface area contributed by atoms with Crippen molar-refractivity contribution in [2.24, 2.45) is 0 Å². The van der Waals surface area contributed by atoms with Gasteiger partial charge in [-0.3, -0.25) is 4.79 Å². The molecule has 0 saturated heterocycles. The molecule has 0 N–H and O–H groups in total. The Balaban J connectivity index is 1.78. The quantitative estimate of drug-likeness (QED) is 0.681. The fourth-order valence-electron chi connectivity index (χ4n) is 3.18. The van der Waals surface area contributed by atoms with E-state index in [4.69, 9.17) is 4.42 Å². The molecule has 0 fully saturated rings. The summed E-state index contributed by atoms with van der Waals surface area (Å²) in [5, 5.41) is 0. The van der Waals surface area contributed by atoms with E-state index in [-0.39, 0.29) is 11.9 Å². The highest BCUT2D eigenvalue weighted by Crippen LogP contribution is 2.33. The second kappa shape index (κ2) is 5.74. The number of aromatic nitrogens is 1. The molecule has 1 unspecified atom stereocenters. The highest BCUT2D eigenvalue weighted by atomic mass is 79.9. The summed E-state index contributed by atoms with van der Waals surface area (Å²) in [6.45, 7) is 1.47. The summed E-state index contributed by atoms with van der Waals surface area (Å²) in [5.41, 5.74) is 2.82. The van der Waals surface area contributed by atoms with E-state index >= 15 is 0 Å². The molecule has 3 aromatic rings. The summed E-state index contributed by atoms with van der Waals surface area (Å²) in [6.07, 6.45) is 3.57. The summed E-state index contributed by atoms with van der Waals surface area (Å²) in [4.78, 5) is 14.9. The van der Waals surface area contributed by atoms with Gasteiger partial charge in [0.25, 0.3) is 5.91 Å². The van der Waals surface area contributed by atoms with Gasteiger partial charge in [-0.15, -0.1) is 0 Å². The number of amides is 1. The van der Waals surface area contributed by atoms with Crippen LogP contribution in [-0.2, 0) is 6.54 Å². The Kier molecular flexibility index (Phi) is 3.58. The number of furan rings is 1. The highest BCUT2D eigenvalue weighted by molar-refractivity contribution is 9.10. The Hall–Kier alpha value is -2.27. The minimum Gasteiger partial charge on any atom is -0.457 e. The topological polar surface area (TPSA) is 38.4 Å². The number of nitrogens with zero attached hydrogens (tertiary/aromatic N) is 2. The van der Waals surface area contributed by atoms with Gasteiger partial charge in [0.2, 0.25) is 0 Å².